The molecule has 0 saturated heterocycles. The first-order chi connectivity index (χ1) is 16.1. The molecule has 0 spiro atoms. The van der Waals surface area contributed by atoms with Crippen LogP contribution in [0.4, 0.5) is 5.13 Å². The van der Waals surface area contributed by atoms with Gasteiger partial charge in [0.05, 0.1) is 16.6 Å². The molecule has 0 saturated carbocycles. The third-order valence-electron chi connectivity index (χ3n) is 5.14. The van der Waals surface area contributed by atoms with Gasteiger partial charge in [0, 0.05) is 28.1 Å². The number of aromatic nitrogens is 3. The Balaban J connectivity index is 1.29. The van der Waals surface area contributed by atoms with Crippen molar-refractivity contribution in [3.63, 3.8) is 0 Å². The highest BCUT2D eigenvalue weighted by Crippen LogP contribution is 2.23. The van der Waals surface area contributed by atoms with Crippen LogP contribution in [0.15, 0.2) is 90.1 Å². The molecule has 0 unspecified atom stereocenters. The summed E-state index contributed by atoms with van der Waals surface area (Å²) in [6, 6.07) is 21.6. The average molecular weight is 473 g/mol. The molecule has 1 N–H and O–H groups in total. The molecule has 2 aromatic heterocycles. The molecule has 0 fully saturated rings. The maximum absolute atomic E-state index is 12.8. The van der Waals surface area contributed by atoms with Crippen LogP contribution in [-0.4, -0.2) is 20.4 Å². The van der Waals surface area contributed by atoms with Crippen LogP contribution in [0, 0.1) is 0 Å². The van der Waals surface area contributed by atoms with Gasteiger partial charge in [-0.05, 0) is 54.1 Å². The Labute approximate surface area is 198 Å². The number of benzene rings is 3. The number of hydrogen-bond acceptors (Lipinski definition) is 5. The lowest BCUT2D eigenvalue weighted by Crippen LogP contribution is -2.19. The Morgan fingerprint density at radius 2 is 1.73 bits per heavy atom. The average Bonchev–Trinajstić information content (AvgIpc) is 3.28. The van der Waals surface area contributed by atoms with Gasteiger partial charge in [-0.1, -0.05) is 35.9 Å². The highest BCUT2D eigenvalue weighted by Gasteiger charge is 2.11. The van der Waals surface area contributed by atoms with E-state index in [2.05, 4.69) is 15.3 Å². The monoisotopic (exact) mass is 472 g/mol. The van der Waals surface area contributed by atoms with Crippen LogP contribution in [0.3, 0.4) is 0 Å². The predicted molar refractivity (Wildman–Crippen MR) is 132 cm³/mol. The molecule has 0 bridgehead atoms. The van der Waals surface area contributed by atoms with Crippen LogP contribution in [0.25, 0.3) is 16.6 Å². The molecule has 0 aliphatic rings. The van der Waals surface area contributed by atoms with E-state index in [0.717, 1.165) is 10.4 Å². The van der Waals surface area contributed by atoms with Gasteiger partial charge >= 0.3 is 0 Å². The highest BCUT2D eigenvalue weighted by molar-refractivity contribution is 7.15. The first-order valence-electron chi connectivity index (χ1n) is 10.1. The van der Waals surface area contributed by atoms with Gasteiger partial charge in [-0.15, -0.1) is 11.3 Å². The van der Waals surface area contributed by atoms with Gasteiger partial charge in [0.15, 0.2) is 5.13 Å². The maximum atomic E-state index is 12.8. The lowest BCUT2D eigenvalue weighted by atomic mass is 10.1. The van der Waals surface area contributed by atoms with Crippen LogP contribution in [0.5, 0.6) is 0 Å². The highest BCUT2D eigenvalue weighted by atomic mass is 35.5. The molecule has 1 amide bonds. The second-order valence-electron chi connectivity index (χ2n) is 7.37. The Bertz CT molecular complexity index is 1510. The van der Waals surface area contributed by atoms with E-state index in [-0.39, 0.29) is 11.5 Å². The van der Waals surface area contributed by atoms with Crippen molar-refractivity contribution in [3.05, 3.63) is 117 Å². The number of thiazole rings is 1. The second-order valence-corrected chi connectivity index (χ2v) is 8.92. The SMILES string of the molecule is O=C(Nc1ncc(Cc2ccc(Cl)cc2)s1)c1ccc(-n2cnc3ccccc3c2=O)cc1. The Morgan fingerprint density at radius 3 is 2.52 bits per heavy atom. The summed E-state index contributed by atoms with van der Waals surface area (Å²) in [6.07, 6.45) is 3.97. The van der Waals surface area contributed by atoms with Crippen molar-refractivity contribution in [2.45, 2.75) is 6.42 Å². The van der Waals surface area contributed by atoms with Gasteiger partial charge < -0.3 is 0 Å². The molecule has 3 aromatic carbocycles. The summed E-state index contributed by atoms with van der Waals surface area (Å²) in [5.41, 5.74) is 2.71. The number of anilines is 1. The minimum atomic E-state index is -0.266. The van der Waals surface area contributed by atoms with Crippen LogP contribution in [0.1, 0.15) is 20.8 Å². The van der Waals surface area contributed by atoms with E-state index in [0.29, 0.717) is 38.7 Å². The molecule has 5 rings (SSSR count). The number of halogens is 1. The van der Waals surface area contributed by atoms with E-state index in [1.54, 1.807) is 42.6 Å². The molecule has 8 heteroatoms. The van der Waals surface area contributed by atoms with Crippen molar-refractivity contribution in [1.82, 2.24) is 14.5 Å². The van der Waals surface area contributed by atoms with Crippen LogP contribution in [-0.2, 0) is 6.42 Å². The molecular weight excluding hydrogens is 456 g/mol. The quantitative estimate of drug-likeness (QED) is 0.374. The number of hydrogen-bond donors (Lipinski definition) is 1. The van der Waals surface area contributed by atoms with Crippen molar-refractivity contribution in [2.24, 2.45) is 0 Å². The number of para-hydroxylation sites is 1. The number of fused-ring (bicyclic) bond motifs is 1. The molecular formula is C25H17ClN4O2S. The topological polar surface area (TPSA) is 76.9 Å². The standard InChI is InChI=1S/C25H17ClN4O2S/c26-18-9-5-16(6-10-18)13-20-14-27-25(33-20)29-23(31)17-7-11-19(12-8-17)30-15-28-22-4-2-1-3-21(22)24(30)32/h1-12,14-15H,13H2,(H,27,29,31). The van der Waals surface area contributed by atoms with Crippen LogP contribution < -0.4 is 10.9 Å². The van der Waals surface area contributed by atoms with Gasteiger partial charge in [0.2, 0.25) is 0 Å². The smallest absolute Gasteiger partial charge is 0.265 e. The lowest BCUT2D eigenvalue weighted by molar-refractivity contribution is 0.102. The number of carbonyl (C=O) groups is 1. The zero-order chi connectivity index (χ0) is 22.8. The fourth-order valence-corrected chi connectivity index (χ4v) is 4.41. The van der Waals surface area contributed by atoms with Crippen LogP contribution >= 0.6 is 22.9 Å². The molecule has 6 nitrogen and oxygen atoms in total. The van der Waals surface area contributed by atoms with E-state index < -0.39 is 0 Å². The number of nitrogens with zero attached hydrogens (tertiary/aromatic N) is 3. The third-order valence-corrected chi connectivity index (χ3v) is 6.30. The number of carbonyl (C=O) groups excluding carboxylic acids is 1. The van der Waals surface area contributed by atoms with E-state index in [1.807, 2.05) is 36.4 Å². The van der Waals surface area contributed by atoms with Gasteiger partial charge in [0.25, 0.3) is 11.5 Å². The number of rotatable bonds is 5. The summed E-state index contributed by atoms with van der Waals surface area (Å²) in [5.74, 6) is -0.266. The fraction of sp³-hybridized carbons (Fsp3) is 0.0400. The van der Waals surface area contributed by atoms with E-state index in [1.165, 1.54) is 22.2 Å². The van der Waals surface area contributed by atoms with Crippen LogP contribution in [0.2, 0.25) is 5.02 Å². The van der Waals surface area contributed by atoms with E-state index >= 15 is 0 Å². The van der Waals surface area contributed by atoms with Gasteiger partial charge in [-0.2, -0.15) is 0 Å². The maximum Gasteiger partial charge on any atom is 0.265 e. The summed E-state index contributed by atoms with van der Waals surface area (Å²) >= 11 is 7.36. The Hall–Kier alpha value is -3.81. The van der Waals surface area contributed by atoms with Crippen molar-refractivity contribution in [2.75, 3.05) is 5.32 Å². The predicted octanol–water partition coefficient (Wildman–Crippen LogP) is 5.34. The van der Waals surface area contributed by atoms with Gasteiger partial charge in [-0.3, -0.25) is 19.5 Å². The Morgan fingerprint density at radius 1 is 0.970 bits per heavy atom. The molecule has 2 heterocycles. The molecule has 0 atom stereocenters. The Kier molecular flexibility index (Phi) is 5.73. The number of nitrogens with one attached hydrogen (secondary N) is 1. The second kappa shape index (κ2) is 8.97. The first-order valence-corrected chi connectivity index (χ1v) is 11.3. The molecule has 5 aromatic rings. The molecule has 0 radical (unpaired) electrons. The van der Waals surface area contributed by atoms with Gasteiger partial charge in [-0.25, -0.2) is 9.97 Å². The van der Waals surface area contributed by atoms with Crippen molar-refractivity contribution in [3.8, 4) is 5.69 Å². The third kappa shape index (κ3) is 4.55. The van der Waals surface area contributed by atoms with E-state index in [4.69, 9.17) is 11.6 Å². The zero-order valence-corrected chi connectivity index (χ0v) is 18.8. The summed E-state index contributed by atoms with van der Waals surface area (Å²) in [5, 5.41) is 4.60. The van der Waals surface area contributed by atoms with Crippen molar-refractivity contribution in [1.29, 1.82) is 0 Å². The zero-order valence-electron chi connectivity index (χ0n) is 17.2. The normalized spacial score (nSPS) is 10.9. The minimum absolute atomic E-state index is 0.159. The number of amides is 1. The van der Waals surface area contributed by atoms with Crippen molar-refractivity contribution >= 4 is 44.9 Å². The minimum Gasteiger partial charge on any atom is -0.298 e. The molecule has 33 heavy (non-hydrogen) atoms. The lowest BCUT2D eigenvalue weighted by Gasteiger charge is -2.08. The van der Waals surface area contributed by atoms with E-state index in [9.17, 15) is 9.59 Å². The largest absolute Gasteiger partial charge is 0.298 e. The van der Waals surface area contributed by atoms with Crippen molar-refractivity contribution < 1.29 is 4.79 Å². The summed E-state index contributed by atoms with van der Waals surface area (Å²) in [4.78, 5) is 35.1. The van der Waals surface area contributed by atoms with Gasteiger partial charge in [0.1, 0.15) is 6.33 Å². The first kappa shape index (κ1) is 21.1. The molecule has 162 valence electrons. The molecule has 0 aliphatic carbocycles. The summed E-state index contributed by atoms with van der Waals surface area (Å²) < 4.78 is 1.47. The summed E-state index contributed by atoms with van der Waals surface area (Å²) in [6.45, 7) is 0. The fourth-order valence-electron chi connectivity index (χ4n) is 3.45. The molecule has 0 aliphatic heterocycles. The summed E-state index contributed by atoms with van der Waals surface area (Å²) in [7, 11) is 0.